The molecule has 0 amide bonds. The molecule has 2 rings (SSSR count). The molecule has 1 atom stereocenters. The molecule has 2 N–H and O–H groups in total. The summed E-state index contributed by atoms with van der Waals surface area (Å²) in [6.45, 7) is 1.95. The second-order valence-electron chi connectivity index (χ2n) is 3.28. The van der Waals surface area contributed by atoms with Crippen LogP contribution in [0.3, 0.4) is 0 Å². The quantitative estimate of drug-likeness (QED) is 0.929. The molecule has 0 fully saturated rings. The lowest BCUT2D eigenvalue weighted by atomic mass is 10.2. The second kappa shape index (κ2) is 4.71. The third-order valence-electron chi connectivity index (χ3n) is 2.13. The summed E-state index contributed by atoms with van der Waals surface area (Å²) in [6, 6.07) is 3.26. The Morgan fingerprint density at radius 1 is 1.50 bits per heavy atom. The molecule has 0 bridgehead atoms. The van der Waals surface area contributed by atoms with E-state index in [1.165, 1.54) is 0 Å². The summed E-state index contributed by atoms with van der Waals surface area (Å²) in [6.07, 6.45) is 2.39. The summed E-state index contributed by atoms with van der Waals surface area (Å²) < 4.78 is 5.91. The summed E-state index contributed by atoms with van der Waals surface area (Å²) >= 11 is 3.31. The van der Waals surface area contributed by atoms with Gasteiger partial charge in [-0.25, -0.2) is 0 Å². The van der Waals surface area contributed by atoms with Gasteiger partial charge in [-0.3, -0.25) is 4.98 Å². The van der Waals surface area contributed by atoms with Gasteiger partial charge in [0.25, 0.3) is 0 Å². The van der Waals surface area contributed by atoms with Gasteiger partial charge in [0.1, 0.15) is 6.04 Å². The van der Waals surface area contributed by atoms with Crippen molar-refractivity contribution < 1.29 is 4.52 Å². The molecule has 0 radical (unpaired) electrons. The van der Waals surface area contributed by atoms with E-state index in [2.05, 4.69) is 31.1 Å². The summed E-state index contributed by atoms with van der Waals surface area (Å²) in [5.74, 6) is 1.05. The van der Waals surface area contributed by atoms with Crippen molar-refractivity contribution in [3.63, 3.8) is 0 Å². The molecule has 1 unspecified atom stereocenters. The molecule has 0 saturated carbocycles. The van der Waals surface area contributed by atoms with E-state index in [0.717, 1.165) is 4.47 Å². The van der Waals surface area contributed by atoms with Crippen LogP contribution in [0.15, 0.2) is 27.3 Å². The summed E-state index contributed by atoms with van der Waals surface area (Å²) in [5.41, 5.74) is 6.69. The van der Waals surface area contributed by atoms with Gasteiger partial charge in [0.05, 0.1) is 5.69 Å². The lowest BCUT2D eigenvalue weighted by Crippen LogP contribution is -2.15. The minimum atomic E-state index is -0.447. The standard InChI is InChI=1S/C10H11BrN4O/c1-2-8-14-10(15-16-8)9(12)7-4-3-6(11)5-13-7/h3-5,9H,2,12H2,1H3. The summed E-state index contributed by atoms with van der Waals surface area (Å²) in [4.78, 5) is 8.37. The van der Waals surface area contributed by atoms with E-state index in [-0.39, 0.29) is 0 Å². The number of aryl methyl sites for hydroxylation is 1. The molecule has 0 aliphatic rings. The molecule has 5 nitrogen and oxygen atoms in total. The maximum atomic E-state index is 5.97. The highest BCUT2D eigenvalue weighted by Gasteiger charge is 2.16. The Kier molecular flexibility index (Phi) is 3.31. The van der Waals surface area contributed by atoms with Crippen molar-refractivity contribution in [1.82, 2.24) is 15.1 Å². The van der Waals surface area contributed by atoms with Crippen LogP contribution in [0.5, 0.6) is 0 Å². The van der Waals surface area contributed by atoms with Crippen LogP contribution in [0.25, 0.3) is 0 Å². The van der Waals surface area contributed by atoms with Crippen molar-refractivity contribution in [2.45, 2.75) is 19.4 Å². The van der Waals surface area contributed by atoms with E-state index in [0.29, 0.717) is 23.8 Å². The second-order valence-corrected chi connectivity index (χ2v) is 4.19. The first kappa shape index (κ1) is 11.2. The van der Waals surface area contributed by atoms with Crippen LogP contribution in [0, 0.1) is 0 Å². The predicted octanol–water partition coefficient (Wildman–Crippen LogP) is 1.84. The zero-order valence-electron chi connectivity index (χ0n) is 8.72. The van der Waals surface area contributed by atoms with Crippen LogP contribution in [0.2, 0.25) is 0 Å². The Balaban J connectivity index is 2.24. The maximum absolute atomic E-state index is 5.97. The Morgan fingerprint density at radius 2 is 2.31 bits per heavy atom. The Morgan fingerprint density at radius 3 is 2.88 bits per heavy atom. The zero-order chi connectivity index (χ0) is 11.5. The molecular formula is C10H11BrN4O. The smallest absolute Gasteiger partial charge is 0.226 e. The van der Waals surface area contributed by atoms with Gasteiger partial charge in [-0.2, -0.15) is 4.98 Å². The van der Waals surface area contributed by atoms with Crippen LogP contribution >= 0.6 is 15.9 Å². The van der Waals surface area contributed by atoms with E-state index in [9.17, 15) is 0 Å². The molecule has 0 aliphatic carbocycles. The van der Waals surface area contributed by atoms with Crippen molar-refractivity contribution in [2.24, 2.45) is 5.73 Å². The van der Waals surface area contributed by atoms with Crippen LogP contribution in [0.4, 0.5) is 0 Å². The molecule has 2 heterocycles. The molecule has 6 heteroatoms. The van der Waals surface area contributed by atoms with Gasteiger partial charge >= 0.3 is 0 Å². The fourth-order valence-corrected chi connectivity index (χ4v) is 1.48. The highest BCUT2D eigenvalue weighted by molar-refractivity contribution is 9.10. The normalized spacial score (nSPS) is 12.7. The molecule has 2 aromatic heterocycles. The van der Waals surface area contributed by atoms with E-state index in [4.69, 9.17) is 10.3 Å². The van der Waals surface area contributed by atoms with Gasteiger partial charge in [-0.15, -0.1) is 0 Å². The van der Waals surface area contributed by atoms with Gasteiger partial charge in [0.15, 0.2) is 5.82 Å². The van der Waals surface area contributed by atoms with Crippen LogP contribution in [-0.4, -0.2) is 15.1 Å². The Hall–Kier alpha value is -1.27. The molecule has 0 spiro atoms. The third-order valence-corrected chi connectivity index (χ3v) is 2.60. The number of pyridine rings is 1. The molecule has 0 aliphatic heterocycles. The van der Waals surface area contributed by atoms with Gasteiger partial charge in [-0.1, -0.05) is 12.1 Å². The van der Waals surface area contributed by atoms with Crippen molar-refractivity contribution >= 4 is 15.9 Å². The molecule has 2 aromatic rings. The number of rotatable bonds is 3. The van der Waals surface area contributed by atoms with Crippen molar-refractivity contribution in [3.05, 3.63) is 40.2 Å². The largest absolute Gasteiger partial charge is 0.339 e. The van der Waals surface area contributed by atoms with E-state index in [1.807, 2.05) is 19.1 Å². The average Bonchev–Trinajstić information content (AvgIpc) is 2.77. The van der Waals surface area contributed by atoms with Crippen LogP contribution < -0.4 is 5.73 Å². The monoisotopic (exact) mass is 282 g/mol. The molecular weight excluding hydrogens is 272 g/mol. The van der Waals surface area contributed by atoms with Crippen molar-refractivity contribution in [2.75, 3.05) is 0 Å². The summed E-state index contributed by atoms with van der Waals surface area (Å²) in [5, 5.41) is 3.82. The predicted molar refractivity (Wildman–Crippen MR) is 61.6 cm³/mol. The van der Waals surface area contributed by atoms with Crippen LogP contribution in [-0.2, 0) is 6.42 Å². The third kappa shape index (κ3) is 2.28. The van der Waals surface area contributed by atoms with Gasteiger partial charge in [0.2, 0.25) is 5.89 Å². The highest BCUT2D eigenvalue weighted by atomic mass is 79.9. The maximum Gasteiger partial charge on any atom is 0.226 e. The van der Waals surface area contributed by atoms with Gasteiger partial charge in [0, 0.05) is 17.1 Å². The van der Waals surface area contributed by atoms with E-state index in [1.54, 1.807) is 6.20 Å². The lowest BCUT2D eigenvalue weighted by Gasteiger charge is -2.05. The molecule has 16 heavy (non-hydrogen) atoms. The van der Waals surface area contributed by atoms with Crippen LogP contribution in [0.1, 0.15) is 30.4 Å². The molecule has 0 saturated heterocycles. The van der Waals surface area contributed by atoms with Gasteiger partial charge < -0.3 is 10.3 Å². The number of hydrogen-bond donors (Lipinski definition) is 1. The number of aromatic nitrogens is 3. The van der Waals surface area contributed by atoms with Gasteiger partial charge in [-0.05, 0) is 28.1 Å². The van der Waals surface area contributed by atoms with Crippen molar-refractivity contribution in [3.8, 4) is 0 Å². The topological polar surface area (TPSA) is 77.8 Å². The number of nitrogens with two attached hydrogens (primary N) is 1. The lowest BCUT2D eigenvalue weighted by molar-refractivity contribution is 0.375. The Bertz CT molecular complexity index is 468. The minimum absolute atomic E-state index is 0.447. The SMILES string of the molecule is CCc1nc(C(N)c2ccc(Br)cn2)no1. The Labute approximate surface area is 101 Å². The number of nitrogens with zero attached hydrogens (tertiary/aromatic N) is 3. The van der Waals surface area contributed by atoms with E-state index >= 15 is 0 Å². The summed E-state index contributed by atoms with van der Waals surface area (Å²) in [7, 11) is 0. The zero-order valence-corrected chi connectivity index (χ0v) is 10.3. The minimum Gasteiger partial charge on any atom is -0.339 e. The number of halogens is 1. The molecule has 0 aromatic carbocycles. The van der Waals surface area contributed by atoms with Crippen molar-refractivity contribution in [1.29, 1.82) is 0 Å². The first-order valence-corrected chi connectivity index (χ1v) is 5.69. The average molecular weight is 283 g/mol. The first-order chi connectivity index (χ1) is 7.70. The first-order valence-electron chi connectivity index (χ1n) is 4.90. The highest BCUT2D eigenvalue weighted by Crippen LogP contribution is 2.16. The van der Waals surface area contributed by atoms with E-state index < -0.39 is 6.04 Å². The fraction of sp³-hybridized carbons (Fsp3) is 0.300. The molecule has 84 valence electrons. The fourth-order valence-electron chi connectivity index (χ4n) is 1.24. The number of hydrogen-bond acceptors (Lipinski definition) is 5.